The van der Waals surface area contributed by atoms with Crippen molar-refractivity contribution in [3.63, 3.8) is 0 Å². The lowest BCUT2D eigenvalue weighted by molar-refractivity contribution is -0.131. The molecule has 0 radical (unpaired) electrons. The second-order valence-electron chi connectivity index (χ2n) is 14.8. The van der Waals surface area contributed by atoms with Crippen molar-refractivity contribution in [3.05, 3.63) is 106 Å². The number of nitrogens with one attached hydrogen (secondary N) is 2. The lowest BCUT2D eigenvalue weighted by Crippen LogP contribution is -2.46. The van der Waals surface area contributed by atoms with E-state index >= 15 is 0 Å². The second kappa shape index (κ2) is 13.6. The number of piperidine rings is 1. The van der Waals surface area contributed by atoms with Gasteiger partial charge in [-0.15, -0.1) is 0 Å². The van der Waals surface area contributed by atoms with Gasteiger partial charge in [-0.2, -0.15) is 10.4 Å². The molecule has 11 nitrogen and oxygen atoms in total. The fourth-order valence-corrected chi connectivity index (χ4v) is 8.20. The van der Waals surface area contributed by atoms with E-state index in [4.69, 9.17) is 4.98 Å². The Morgan fingerprint density at radius 2 is 1.56 bits per heavy atom. The number of nitriles is 1. The highest BCUT2D eigenvalue weighted by atomic mass is 19.1. The zero-order valence-electron chi connectivity index (χ0n) is 30.1. The van der Waals surface area contributed by atoms with E-state index in [0.717, 1.165) is 35.1 Å². The van der Waals surface area contributed by atoms with Crippen LogP contribution in [0.15, 0.2) is 60.7 Å². The maximum Gasteiger partial charge on any atom is 0.253 e. The SMILES string of the molecule is C[C@H](CC1(c2nc(-c3ccc(F)cc3)n[nH]2)c2ccc(C(=O)N(C)C)cc2CCc2cc(C(=O)N(C)C)ccc21)NCC(=O)N1[C@H](C#N)C[C@@H]2C[C@@H]21. The van der Waals surface area contributed by atoms with Crippen LogP contribution in [0.25, 0.3) is 11.4 Å². The summed E-state index contributed by atoms with van der Waals surface area (Å²) in [5, 5.41) is 21.1. The van der Waals surface area contributed by atoms with E-state index in [9.17, 15) is 24.0 Å². The molecule has 0 spiro atoms. The number of carbonyl (C=O) groups is 3. The van der Waals surface area contributed by atoms with Crippen molar-refractivity contribution in [2.24, 2.45) is 5.92 Å². The van der Waals surface area contributed by atoms with E-state index in [1.807, 2.05) is 43.3 Å². The summed E-state index contributed by atoms with van der Waals surface area (Å²) in [5.41, 5.74) is 4.56. The maximum atomic E-state index is 13.9. The number of nitrogens with zero attached hydrogens (tertiary/aromatic N) is 6. The third-order valence-electron chi connectivity index (χ3n) is 10.8. The highest BCUT2D eigenvalue weighted by Gasteiger charge is 2.54. The molecule has 1 aliphatic heterocycles. The summed E-state index contributed by atoms with van der Waals surface area (Å²) in [7, 11) is 6.90. The van der Waals surface area contributed by atoms with Gasteiger partial charge in [0.1, 0.15) is 17.7 Å². The lowest BCUT2D eigenvalue weighted by atomic mass is 9.67. The second-order valence-corrected chi connectivity index (χ2v) is 14.8. The number of benzene rings is 3. The number of rotatable bonds is 9. The molecule has 3 amide bonds. The van der Waals surface area contributed by atoms with Gasteiger partial charge in [-0.05, 0) is 116 Å². The van der Waals surface area contributed by atoms with Crippen LogP contribution in [0.2, 0.25) is 0 Å². The van der Waals surface area contributed by atoms with Crippen LogP contribution in [0.4, 0.5) is 4.39 Å². The predicted molar refractivity (Wildman–Crippen MR) is 193 cm³/mol. The molecule has 4 atom stereocenters. The third kappa shape index (κ3) is 6.23. The Kier molecular flexibility index (Phi) is 9.17. The molecule has 3 aliphatic rings. The zero-order valence-corrected chi connectivity index (χ0v) is 30.1. The molecule has 1 saturated heterocycles. The molecule has 2 N–H and O–H groups in total. The average Bonchev–Trinajstić information content (AvgIpc) is 3.57. The Hall–Kier alpha value is -5.41. The molecule has 3 aromatic carbocycles. The van der Waals surface area contributed by atoms with E-state index in [-0.39, 0.29) is 42.2 Å². The van der Waals surface area contributed by atoms with Crippen LogP contribution in [0.3, 0.4) is 0 Å². The number of carbonyl (C=O) groups excluding carboxylic acids is 3. The van der Waals surface area contributed by atoms with Gasteiger partial charge < -0.3 is 20.0 Å². The molecule has 4 aromatic rings. The number of fused-ring (bicyclic) bond motifs is 3. The van der Waals surface area contributed by atoms with Gasteiger partial charge in [0.15, 0.2) is 5.82 Å². The molecule has 268 valence electrons. The van der Waals surface area contributed by atoms with E-state index in [0.29, 0.717) is 53.5 Å². The van der Waals surface area contributed by atoms with Crippen molar-refractivity contribution in [2.75, 3.05) is 34.7 Å². The first-order chi connectivity index (χ1) is 24.9. The van der Waals surface area contributed by atoms with Gasteiger partial charge in [0.2, 0.25) is 5.91 Å². The lowest BCUT2D eigenvalue weighted by Gasteiger charge is -2.37. The van der Waals surface area contributed by atoms with Crippen molar-refractivity contribution in [2.45, 2.75) is 62.6 Å². The molecular weight excluding hydrogens is 659 g/mol. The standard InChI is InChI=1S/C40H43FN8O3/c1-23(43-22-35(50)49-31(21-42)18-29-19-34(29)49)20-40(39-44-36(45-46-39)24-8-12-30(41)13-9-24)32-14-10-27(37(51)47(2)3)16-25(32)6-7-26-17-28(11-15-33(26)40)38(52)48(4)5/h8-17,23,29,31,34,43H,6-7,18-20,22H2,1-5H3,(H,44,45,46)/t23-,29-,31+,34+/m1/s1. The Balaban J connectivity index is 1.36. The van der Waals surface area contributed by atoms with Crippen molar-refractivity contribution in [1.82, 2.24) is 35.2 Å². The largest absolute Gasteiger partial charge is 0.345 e. The smallest absolute Gasteiger partial charge is 0.253 e. The van der Waals surface area contributed by atoms with Crippen LogP contribution < -0.4 is 5.32 Å². The molecule has 0 bridgehead atoms. The number of likely N-dealkylation sites (tertiary alicyclic amines) is 1. The summed E-state index contributed by atoms with van der Waals surface area (Å²) >= 11 is 0. The Labute approximate surface area is 302 Å². The van der Waals surface area contributed by atoms with Crippen LogP contribution in [-0.4, -0.2) is 100 Å². The minimum Gasteiger partial charge on any atom is -0.345 e. The first-order valence-corrected chi connectivity index (χ1v) is 17.7. The van der Waals surface area contributed by atoms with E-state index in [1.165, 1.54) is 12.1 Å². The topological polar surface area (TPSA) is 138 Å². The normalized spacial score (nSPS) is 20.1. The number of halogens is 1. The molecule has 2 fully saturated rings. The molecule has 12 heteroatoms. The van der Waals surface area contributed by atoms with Gasteiger partial charge >= 0.3 is 0 Å². The molecule has 2 heterocycles. The summed E-state index contributed by atoms with van der Waals surface area (Å²) in [6, 6.07) is 19.4. The number of aromatic nitrogens is 3. The van der Waals surface area contributed by atoms with Gasteiger partial charge in [-0.3, -0.25) is 19.5 Å². The van der Waals surface area contributed by atoms with Gasteiger partial charge in [-0.1, -0.05) is 12.1 Å². The molecule has 52 heavy (non-hydrogen) atoms. The zero-order chi connectivity index (χ0) is 36.9. The summed E-state index contributed by atoms with van der Waals surface area (Å²) in [5.74, 6) is 0.675. The molecule has 1 aromatic heterocycles. The van der Waals surface area contributed by atoms with Crippen molar-refractivity contribution in [1.29, 1.82) is 5.26 Å². The first-order valence-electron chi connectivity index (χ1n) is 17.7. The number of aryl methyl sites for hydroxylation is 2. The van der Waals surface area contributed by atoms with Crippen LogP contribution in [0.5, 0.6) is 0 Å². The number of hydrogen-bond donors (Lipinski definition) is 2. The minimum absolute atomic E-state index is 0.0716. The van der Waals surface area contributed by atoms with Crippen LogP contribution in [0.1, 0.15) is 75.0 Å². The molecule has 0 unspecified atom stereocenters. The van der Waals surface area contributed by atoms with Crippen LogP contribution in [-0.2, 0) is 23.1 Å². The van der Waals surface area contributed by atoms with Gasteiger partial charge in [0.05, 0.1) is 18.0 Å². The molecule has 2 aliphatic carbocycles. The van der Waals surface area contributed by atoms with E-state index in [2.05, 4.69) is 21.6 Å². The average molecular weight is 703 g/mol. The van der Waals surface area contributed by atoms with E-state index < -0.39 is 11.5 Å². The number of amides is 3. The van der Waals surface area contributed by atoms with Crippen molar-refractivity contribution < 1.29 is 18.8 Å². The monoisotopic (exact) mass is 702 g/mol. The van der Waals surface area contributed by atoms with Gasteiger partial charge in [0, 0.05) is 57.0 Å². The van der Waals surface area contributed by atoms with Gasteiger partial charge in [0.25, 0.3) is 11.8 Å². The quantitative estimate of drug-likeness (QED) is 0.265. The van der Waals surface area contributed by atoms with E-state index in [1.54, 1.807) is 55.0 Å². The fraction of sp³-hybridized carbons (Fsp3) is 0.400. The molecule has 7 rings (SSSR count). The predicted octanol–water partition coefficient (Wildman–Crippen LogP) is 4.33. The van der Waals surface area contributed by atoms with Crippen LogP contribution in [0, 0.1) is 23.1 Å². The van der Waals surface area contributed by atoms with Crippen molar-refractivity contribution in [3.8, 4) is 17.5 Å². The molecule has 1 saturated carbocycles. The van der Waals surface area contributed by atoms with Crippen LogP contribution >= 0.6 is 0 Å². The maximum absolute atomic E-state index is 13.9. The first kappa shape index (κ1) is 35.0. The summed E-state index contributed by atoms with van der Waals surface area (Å²) in [6.07, 6.45) is 3.31. The number of aromatic amines is 1. The fourth-order valence-electron chi connectivity index (χ4n) is 8.20. The summed E-state index contributed by atoms with van der Waals surface area (Å²) in [6.45, 7) is 2.10. The Bertz CT molecular complexity index is 2010. The Morgan fingerprint density at radius 3 is 2.12 bits per heavy atom. The third-order valence-corrected chi connectivity index (χ3v) is 10.8. The molecular formula is C40H43FN8O3. The number of H-pyrrole nitrogens is 1. The minimum atomic E-state index is -0.980. The van der Waals surface area contributed by atoms with Crippen molar-refractivity contribution >= 4 is 17.7 Å². The Morgan fingerprint density at radius 1 is 0.962 bits per heavy atom. The summed E-state index contributed by atoms with van der Waals surface area (Å²) in [4.78, 5) is 49.9. The highest BCUT2D eigenvalue weighted by molar-refractivity contribution is 5.95. The summed E-state index contributed by atoms with van der Waals surface area (Å²) < 4.78 is 13.9. The van der Waals surface area contributed by atoms with Gasteiger partial charge in [-0.25, -0.2) is 9.37 Å². The number of hydrogen-bond acceptors (Lipinski definition) is 7. The highest BCUT2D eigenvalue weighted by Crippen LogP contribution is 2.49.